The minimum atomic E-state index is -0.0246. The second-order valence-corrected chi connectivity index (χ2v) is 5.63. The Bertz CT molecular complexity index is 791. The maximum atomic E-state index is 12.4. The van der Waals surface area contributed by atoms with Crippen molar-refractivity contribution in [3.63, 3.8) is 0 Å². The van der Waals surface area contributed by atoms with Crippen molar-refractivity contribution >= 4 is 5.91 Å². The van der Waals surface area contributed by atoms with Gasteiger partial charge in [0.2, 0.25) is 0 Å². The molecular formula is C19H19N3O. The lowest BCUT2D eigenvalue weighted by atomic mass is 10.0. The average Bonchev–Trinajstić information content (AvgIpc) is 3.01. The molecule has 1 amide bonds. The molecule has 0 aliphatic heterocycles. The molecule has 116 valence electrons. The number of carbonyl (C=O) groups excluding carboxylic acids is 1. The van der Waals surface area contributed by atoms with E-state index in [0.29, 0.717) is 12.1 Å². The number of amides is 1. The predicted octanol–water partition coefficient (Wildman–Crippen LogP) is 3.66. The smallest absolute Gasteiger partial charge is 0.257 e. The largest absolute Gasteiger partial charge is 0.337 e. The average molecular weight is 305 g/mol. The fourth-order valence-corrected chi connectivity index (χ4v) is 2.55. The molecule has 0 aliphatic rings. The van der Waals surface area contributed by atoms with Gasteiger partial charge in [0.05, 0.1) is 11.8 Å². The van der Waals surface area contributed by atoms with Gasteiger partial charge in [-0.05, 0) is 23.6 Å². The molecule has 0 saturated heterocycles. The molecule has 0 bridgehead atoms. The zero-order chi connectivity index (χ0) is 16.2. The summed E-state index contributed by atoms with van der Waals surface area (Å²) in [6, 6.07) is 18.6. The van der Waals surface area contributed by atoms with Crippen LogP contribution in [0.25, 0.3) is 11.1 Å². The SMILES string of the molecule is Cc1[nH]ncc1C(=O)N(C)Cc1ccc(-c2ccccc2)cc1. The highest BCUT2D eigenvalue weighted by atomic mass is 16.2. The Hall–Kier alpha value is -2.88. The molecule has 3 rings (SSSR count). The Morgan fingerprint density at radius 3 is 2.30 bits per heavy atom. The van der Waals surface area contributed by atoms with E-state index in [1.165, 1.54) is 11.1 Å². The monoisotopic (exact) mass is 305 g/mol. The Morgan fingerprint density at radius 2 is 1.70 bits per heavy atom. The lowest BCUT2D eigenvalue weighted by molar-refractivity contribution is 0.0784. The summed E-state index contributed by atoms with van der Waals surface area (Å²) in [4.78, 5) is 14.1. The standard InChI is InChI=1S/C19H19N3O/c1-14-18(12-20-21-14)19(23)22(2)13-15-8-10-17(11-9-15)16-6-4-3-5-7-16/h3-12H,13H2,1-2H3,(H,20,21). The van der Waals surface area contributed by atoms with Gasteiger partial charge in [-0.25, -0.2) is 0 Å². The second kappa shape index (κ2) is 6.48. The van der Waals surface area contributed by atoms with E-state index in [9.17, 15) is 4.79 Å². The number of benzene rings is 2. The number of aromatic amines is 1. The van der Waals surface area contributed by atoms with Crippen molar-refractivity contribution in [3.8, 4) is 11.1 Å². The molecule has 2 aromatic carbocycles. The summed E-state index contributed by atoms with van der Waals surface area (Å²) < 4.78 is 0. The van der Waals surface area contributed by atoms with Gasteiger partial charge in [-0.1, -0.05) is 54.6 Å². The summed E-state index contributed by atoms with van der Waals surface area (Å²) >= 11 is 0. The van der Waals surface area contributed by atoms with Crippen LogP contribution in [0.3, 0.4) is 0 Å². The number of nitrogens with one attached hydrogen (secondary N) is 1. The van der Waals surface area contributed by atoms with Crippen LogP contribution in [0.1, 0.15) is 21.6 Å². The molecule has 0 atom stereocenters. The third-order valence-corrected chi connectivity index (χ3v) is 3.89. The minimum Gasteiger partial charge on any atom is -0.337 e. The van der Waals surface area contributed by atoms with Crippen molar-refractivity contribution in [2.24, 2.45) is 0 Å². The van der Waals surface area contributed by atoms with Gasteiger partial charge in [-0.15, -0.1) is 0 Å². The Balaban J connectivity index is 1.71. The zero-order valence-corrected chi connectivity index (χ0v) is 13.3. The number of hydrogen-bond acceptors (Lipinski definition) is 2. The molecular weight excluding hydrogens is 286 g/mol. The van der Waals surface area contributed by atoms with E-state index >= 15 is 0 Å². The van der Waals surface area contributed by atoms with Gasteiger partial charge in [0.1, 0.15) is 0 Å². The molecule has 3 aromatic rings. The number of rotatable bonds is 4. The number of H-pyrrole nitrogens is 1. The highest BCUT2D eigenvalue weighted by Crippen LogP contribution is 2.20. The quantitative estimate of drug-likeness (QED) is 0.799. The molecule has 0 saturated carbocycles. The van der Waals surface area contributed by atoms with Gasteiger partial charge in [-0.3, -0.25) is 9.89 Å². The number of aryl methyl sites for hydroxylation is 1. The van der Waals surface area contributed by atoms with E-state index in [4.69, 9.17) is 0 Å². The minimum absolute atomic E-state index is 0.0246. The maximum Gasteiger partial charge on any atom is 0.257 e. The van der Waals surface area contributed by atoms with E-state index in [0.717, 1.165) is 11.3 Å². The van der Waals surface area contributed by atoms with Crippen LogP contribution < -0.4 is 0 Å². The van der Waals surface area contributed by atoms with Gasteiger partial charge in [0.15, 0.2) is 0 Å². The van der Waals surface area contributed by atoms with Gasteiger partial charge in [0, 0.05) is 19.3 Å². The topological polar surface area (TPSA) is 49.0 Å². The molecule has 4 heteroatoms. The number of nitrogens with zero attached hydrogens (tertiary/aromatic N) is 2. The Kier molecular flexibility index (Phi) is 4.24. The number of aromatic nitrogens is 2. The zero-order valence-electron chi connectivity index (χ0n) is 13.3. The van der Waals surface area contributed by atoms with Crippen molar-refractivity contribution in [1.82, 2.24) is 15.1 Å². The van der Waals surface area contributed by atoms with Crippen molar-refractivity contribution in [2.75, 3.05) is 7.05 Å². The normalized spacial score (nSPS) is 10.5. The molecule has 1 aromatic heterocycles. The highest BCUT2D eigenvalue weighted by Gasteiger charge is 2.15. The van der Waals surface area contributed by atoms with Crippen molar-refractivity contribution in [2.45, 2.75) is 13.5 Å². The fraction of sp³-hybridized carbons (Fsp3) is 0.158. The van der Waals surface area contributed by atoms with Crippen molar-refractivity contribution < 1.29 is 4.79 Å². The van der Waals surface area contributed by atoms with Crippen LogP contribution in [0.2, 0.25) is 0 Å². The van der Waals surface area contributed by atoms with Gasteiger partial charge in [-0.2, -0.15) is 5.10 Å². The molecule has 23 heavy (non-hydrogen) atoms. The summed E-state index contributed by atoms with van der Waals surface area (Å²) in [5, 5.41) is 6.70. The van der Waals surface area contributed by atoms with Crippen molar-refractivity contribution in [3.05, 3.63) is 77.6 Å². The lowest BCUT2D eigenvalue weighted by Gasteiger charge is -2.17. The molecule has 0 aliphatic carbocycles. The van der Waals surface area contributed by atoms with Crippen LogP contribution in [0, 0.1) is 6.92 Å². The molecule has 4 nitrogen and oxygen atoms in total. The Morgan fingerprint density at radius 1 is 1.04 bits per heavy atom. The predicted molar refractivity (Wildman–Crippen MR) is 91.0 cm³/mol. The van der Waals surface area contributed by atoms with Crippen molar-refractivity contribution in [1.29, 1.82) is 0 Å². The van der Waals surface area contributed by atoms with Crippen LogP contribution >= 0.6 is 0 Å². The first kappa shape index (κ1) is 15.0. The summed E-state index contributed by atoms with van der Waals surface area (Å²) in [5.41, 5.74) is 4.88. The maximum absolute atomic E-state index is 12.4. The first-order valence-corrected chi connectivity index (χ1v) is 7.55. The molecule has 0 fully saturated rings. The molecule has 0 radical (unpaired) electrons. The van der Waals surface area contributed by atoms with Crippen LogP contribution in [0.4, 0.5) is 0 Å². The number of carbonyl (C=O) groups is 1. The summed E-state index contributed by atoms with van der Waals surface area (Å²) in [5.74, 6) is -0.0246. The lowest BCUT2D eigenvalue weighted by Crippen LogP contribution is -2.26. The van der Waals surface area contributed by atoms with E-state index in [1.54, 1.807) is 18.1 Å². The third kappa shape index (κ3) is 3.31. The molecule has 1 heterocycles. The Labute approximate surface area is 135 Å². The van der Waals surface area contributed by atoms with Crippen LogP contribution in [0.5, 0.6) is 0 Å². The third-order valence-electron chi connectivity index (χ3n) is 3.89. The van der Waals surface area contributed by atoms with Gasteiger partial charge in [0.25, 0.3) is 5.91 Å². The summed E-state index contributed by atoms with van der Waals surface area (Å²) in [6.07, 6.45) is 1.58. The van der Waals surface area contributed by atoms with Crippen LogP contribution in [0.15, 0.2) is 60.8 Å². The highest BCUT2D eigenvalue weighted by molar-refractivity contribution is 5.94. The van der Waals surface area contributed by atoms with Gasteiger partial charge >= 0.3 is 0 Å². The number of hydrogen-bond donors (Lipinski definition) is 1. The van der Waals surface area contributed by atoms with E-state index in [1.807, 2.05) is 25.1 Å². The van der Waals surface area contributed by atoms with Gasteiger partial charge < -0.3 is 4.90 Å². The van der Waals surface area contributed by atoms with Crippen LogP contribution in [-0.4, -0.2) is 28.1 Å². The first-order chi connectivity index (χ1) is 11.1. The first-order valence-electron chi connectivity index (χ1n) is 7.55. The fourth-order valence-electron chi connectivity index (χ4n) is 2.55. The van der Waals surface area contributed by atoms with E-state index < -0.39 is 0 Å². The van der Waals surface area contributed by atoms with Crippen LogP contribution in [-0.2, 0) is 6.54 Å². The van der Waals surface area contributed by atoms with E-state index in [2.05, 4.69) is 46.6 Å². The summed E-state index contributed by atoms with van der Waals surface area (Å²) in [6.45, 7) is 2.42. The molecule has 0 spiro atoms. The summed E-state index contributed by atoms with van der Waals surface area (Å²) in [7, 11) is 1.81. The van der Waals surface area contributed by atoms with E-state index in [-0.39, 0.29) is 5.91 Å². The molecule has 0 unspecified atom stereocenters. The molecule has 1 N–H and O–H groups in total. The second-order valence-electron chi connectivity index (χ2n) is 5.63.